The summed E-state index contributed by atoms with van der Waals surface area (Å²) in [4.78, 5) is 38.8. The third-order valence-corrected chi connectivity index (χ3v) is 8.62. The minimum Gasteiger partial charge on any atom is -0.481 e. The van der Waals surface area contributed by atoms with Crippen LogP contribution in [0, 0.1) is 29.6 Å². The largest absolute Gasteiger partial charge is 0.481 e. The highest BCUT2D eigenvalue weighted by Crippen LogP contribution is 2.52. The minimum absolute atomic E-state index is 0.0187. The van der Waals surface area contributed by atoms with Crippen LogP contribution in [0.5, 0.6) is 0 Å². The number of hydrogen-bond donors (Lipinski definition) is 2. The van der Waals surface area contributed by atoms with Crippen LogP contribution in [0.2, 0.25) is 0 Å². The van der Waals surface area contributed by atoms with Crippen molar-refractivity contribution >= 4 is 18.0 Å². The molecular formula is C28H30N2O5. The summed E-state index contributed by atoms with van der Waals surface area (Å²) >= 11 is 0. The summed E-state index contributed by atoms with van der Waals surface area (Å²) in [5.41, 5.74) is 4.74. The Morgan fingerprint density at radius 3 is 2.20 bits per heavy atom. The maximum atomic E-state index is 13.1. The van der Waals surface area contributed by atoms with E-state index in [0.29, 0.717) is 19.6 Å². The van der Waals surface area contributed by atoms with Gasteiger partial charge >= 0.3 is 12.1 Å². The molecule has 6 rings (SSSR count). The van der Waals surface area contributed by atoms with Crippen LogP contribution in [0.1, 0.15) is 36.3 Å². The molecule has 4 unspecified atom stereocenters. The van der Waals surface area contributed by atoms with Crippen molar-refractivity contribution in [3.8, 4) is 11.1 Å². The zero-order valence-corrected chi connectivity index (χ0v) is 19.6. The van der Waals surface area contributed by atoms with E-state index < -0.39 is 12.1 Å². The van der Waals surface area contributed by atoms with Crippen molar-refractivity contribution < 1.29 is 24.2 Å². The highest BCUT2D eigenvalue weighted by atomic mass is 16.5. The molecule has 35 heavy (non-hydrogen) atoms. The van der Waals surface area contributed by atoms with Crippen molar-refractivity contribution in [3.63, 3.8) is 0 Å². The van der Waals surface area contributed by atoms with Crippen molar-refractivity contribution in [2.45, 2.75) is 25.2 Å². The standard InChI is InChI=1S/C28H30N2O5/c31-26(30-13-22-23(14-30)25(22)27(32)33)17-11-5-6-16(17)12-29-28(34)35-15-24-20-9-3-1-7-18(20)19-8-2-4-10-21(19)24/h1-4,7-10,16-17,22-25H,5-6,11-15H2,(H,29,34)(H,32,33). The number of carboxylic acids is 1. The summed E-state index contributed by atoms with van der Waals surface area (Å²) < 4.78 is 5.65. The molecule has 1 aliphatic heterocycles. The smallest absolute Gasteiger partial charge is 0.407 e. The van der Waals surface area contributed by atoms with Gasteiger partial charge in [-0.15, -0.1) is 0 Å². The predicted octanol–water partition coefficient (Wildman–Crippen LogP) is 3.73. The van der Waals surface area contributed by atoms with E-state index >= 15 is 0 Å². The highest BCUT2D eigenvalue weighted by molar-refractivity contribution is 5.82. The Morgan fingerprint density at radius 1 is 0.943 bits per heavy atom. The molecule has 0 bridgehead atoms. The molecule has 7 heteroatoms. The second-order valence-corrected chi connectivity index (χ2v) is 10.4. The lowest BCUT2D eigenvalue weighted by Gasteiger charge is -2.26. The van der Waals surface area contributed by atoms with Crippen LogP contribution in [0.15, 0.2) is 48.5 Å². The summed E-state index contributed by atoms with van der Waals surface area (Å²) in [6.45, 7) is 1.81. The number of amides is 2. The number of carbonyl (C=O) groups excluding carboxylic acids is 2. The molecule has 2 saturated carbocycles. The Hall–Kier alpha value is -3.35. The van der Waals surface area contributed by atoms with Gasteiger partial charge < -0.3 is 20.1 Å². The van der Waals surface area contributed by atoms with Crippen LogP contribution in [-0.2, 0) is 14.3 Å². The summed E-state index contributed by atoms with van der Waals surface area (Å²) in [6.07, 6.45) is 2.24. The minimum atomic E-state index is -0.738. The lowest BCUT2D eigenvalue weighted by molar-refractivity contribution is -0.142. The summed E-state index contributed by atoms with van der Waals surface area (Å²) in [5.74, 6) is -0.638. The van der Waals surface area contributed by atoms with Gasteiger partial charge in [0.05, 0.1) is 5.92 Å². The first-order chi connectivity index (χ1) is 17.0. The first-order valence-corrected chi connectivity index (χ1v) is 12.6. The van der Waals surface area contributed by atoms with E-state index in [9.17, 15) is 19.5 Å². The Bertz CT molecular complexity index is 1120. The third kappa shape index (κ3) is 3.87. The Labute approximate surface area is 204 Å². The number of benzene rings is 2. The lowest BCUT2D eigenvalue weighted by atomic mass is 9.94. The fourth-order valence-corrected chi connectivity index (χ4v) is 6.78. The van der Waals surface area contributed by atoms with Crippen molar-refractivity contribution in [2.24, 2.45) is 29.6 Å². The monoisotopic (exact) mass is 474 g/mol. The fraction of sp³-hybridized carbons (Fsp3) is 0.464. The van der Waals surface area contributed by atoms with Crippen molar-refractivity contribution in [3.05, 3.63) is 59.7 Å². The zero-order chi connectivity index (χ0) is 24.1. The molecule has 182 valence electrons. The number of carbonyl (C=O) groups is 3. The summed E-state index contributed by atoms with van der Waals surface area (Å²) in [6, 6.07) is 16.5. The third-order valence-electron chi connectivity index (χ3n) is 8.62. The second-order valence-electron chi connectivity index (χ2n) is 10.4. The molecule has 4 atom stereocenters. The molecule has 2 amide bonds. The van der Waals surface area contributed by atoms with Gasteiger partial charge in [0, 0.05) is 31.5 Å². The maximum absolute atomic E-state index is 13.1. The number of fused-ring (bicyclic) bond motifs is 4. The van der Waals surface area contributed by atoms with Gasteiger partial charge in [-0.1, -0.05) is 55.0 Å². The molecule has 7 nitrogen and oxygen atoms in total. The van der Waals surface area contributed by atoms with E-state index in [2.05, 4.69) is 29.6 Å². The van der Waals surface area contributed by atoms with E-state index in [0.717, 1.165) is 19.3 Å². The topological polar surface area (TPSA) is 95.9 Å². The number of alkyl carbamates (subject to hydrolysis) is 1. The molecule has 1 heterocycles. The number of nitrogens with zero attached hydrogens (tertiary/aromatic N) is 1. The molecule has 4 aliphatic rings. The van der Waals surface area contributed by atoms with Crippen molar-refractivity contribution in [1.29, 1.82) is 0 Å². The number of nitrogens with one attached hydrogen (secondary N) is 1. The van der Waals surface area contributed by atoms with Crippen molar-refractivity contribution in [2.75, 3.05) is 26.2 Å². The molecular weight excluding hydrogens is 444 g/mol. The van der Waals surface area contributed by atoms with E-state index in [1.807, 2.05) is 29.2 Å². The van der Waals surface area contributed by atoms with Gasteiger partial charge in [0.15, 0.2) is 0 Å². The molecule has 0 aromatic heterocycles. The van der Waals surface area contributed by atoms with E-state index in [-0.39, 0.29) is 48.0 Å². The molecule has 2 aromatic carbocycles. The van der Waals surface area contributed by atoms with E-state index in [1.54, 1.807) is 0 Å². The second kappa shape index (κ2) is 8.70. The van der Waals surface area contributed by atoms with Gasteiger partial charge in [-0.3, -0.25) is 9.59 Å². The maximum Gasteiger partial charge on any atom is 0.407 e. The number of aliphatic carboxylic acids is 1. The number of rotatable bonds is 6. The van der Waals surface area contributed by atoms with E-state index in [4.69, 9.17) is 4.74 Å². The van der Waals surface area contributed by atoms with Crippen molar-refractivity contribution in [1.82, 2.24) is 10.2 Å². The average molecular weight is 475 g/mol. The van der Waals surface area contributed by atoms with Gasteiger partial charge in [0.1, 0.15) is 6.61 Å². The van der Waals surface area contributed by atoms with E-state index in [1.165, 1.54) is 22.3 Å². The van der Waals surface area contributed by atoms with Crippen LogP contribution in [-0.4, -0.2) is 54.2 Å². The number of likely N-dealkylation sites (tertiary alicyclic amines) is 1. The Morgan fingerprint density at radius 2 is 1.57 bits per heavy atom. The number of carboxylic acid groups (broad SMARTS) is 1. The normalized spacial score (nSPS) is 28.2. The average Bonchev–Trinajstić information content (AvgIpc) is 3.22. The molecule has 3 aliphatic carbocycles. The molecule has 0 radical (unpaired) electrons. The molecule has 3 fully saturated rings. The molecule has 0 spiro atoms. The summed E-state index contributed by atoms with van der Waals surface area (Å²) in [7, 11) is 0. The molecule has 1 saturated heterocycles. The number of ether oxygens (including phenoxy) is 1. The lowest BCUT2D eigenvalue weighted by Crippen LogP contribution is -2.41. The summed E-state index contributed by atoms with van der Waals surface area (Å²) in [5, 5.41) is 12.1. The first kappa shape index (κ1) is 22.1. The van der Waals surface area contributed by atoms with Crippen LogP contribution in [0.3, 0.4) is 0 Å². The van der Waals surface area contributed by atoms with Crippen LogP contribution >= 0.6 is 0 Å². The van der Waals surface area contributed by atoms with Gasteiger partial charge in [0.2, 0.25) is 5.91 Å². The van der Waals surface area contributed by atoms with Gasteiger partial charge in [-0.25, -0.2) is 4.79 Å². The fourth-order valence-electron chi connectivity index (χ4n) is 6.78. The Kier molecular flexibility index (Phi) is 5.50. The zero-order valence-electron chi connectivity index (χ0n) is 19.6. The quantitative estimate of drug-likeness (QED) is 0.665. The van der Waals surface area contributed by atoms with Crippen LogP contribution in [0.25, 0.3) is 11.1 Å². The van der Waals surface area contributed by atoms with Gasteiger partial charge in [-0.2, -0.15) is 0 Å². The number of hydrogen-bond acceptors (Lipinski definition) is 4. The molecule has 2 aromatic rings. The SMILES string of the molecule is O=C(NCC1CCCC1C(=O)N1CC2C(C1)C2C(=O)O)OCC1c2ccccc2-c2ccccc21. The number of piperidine rings is 1. The molecule has 2 N–H and O–H groups in total. The first-order valence-electron chi connectivity index (χ1n) is 12.6. The Balaban J connectivity index is 1.02. The van der Waals surface area contributed by atoms with Crippen LogP contribution < -0.4 is 5.32 Å². The highest BCUT2D eigenvalue weighted by Gasteiger charge is 2.61. The van der Waals surface area contributed by atoms with Crippen LogP contribution in [0.4, 0.5) is 4.79 Å². The predicted molar refractivity (Wildman–Crippen MR) is 129 cm³/mol. The van der Waals surface area contributed by atoms with Gasteiger partial charge in [-0.05, 0) is 52.8 Å². The van der Waals surface area contributed by atoms with Gasteiger partial charge in [0.25, 0.3) is 0 Å².